The van der Waals surface area contributed by atoms with Crippen molar-refractivity contribution in [2.75, 3.05) is 24.6 Å². The monoisotopic (exact) mass is 292 g/mol. The number of halogens is 4. The van der Waals surface area contributed by atoms with E-state index < -0.39 is 17.6 Å². The van der Waals surface area contributed by atoms with Gasteiger partial charge in [0.1, 0.15) is 5.82 Å². The summed E-state index contributed by atoms with van der Waals surface area (Å²) in [7, 11) is 0. The molecule has 1 aliphatic heterocycles. The number of morpholine rings is 1. The van der Waals surface area contributed by atoms with E-state index >= 15 is 0 Å². The molecule has 1 heterocycles. The van der Waals surface area contributed by atoms with Crippen LogP contribution in [0.25, 0.3) is 0 Å². The summed E-state index contributed by atoms with van der Waals surface area (Å²) in [5.41, 5.74) is 4.89. The van der Waals surface area contributed by atoms with Crippen molar-refractivity contribution >= 4 is 5.69 Å². The molecular formula is C13H16F4N2O. The van der Waals surface area contributed by atoms with Gasteiger partial charge in [-0.05, 0) is 25.1 Å². The van der Waals surface area contributed by atoms with Crippen molar-refractivity contribution in [2.45, 2.75) is 25.2 Å². The normalized spacial score (nSPS) is 21.9. The molecule has 20 heavy (non-hydrogen) atoms. The van der Waals surface area contributed by atoms with E-state index in [1.54, 1.807) is 11.8 Å². The second kappa shape index (κ2) is 5.57. The molecule has 2 N–H and O–H groups in total. The molecule has 2 atom stereocenters. The maximum Gasteiger partial charge on any atom is 0.416 e. The molecule has 1 saturated heterocycles. The summed E-state index contributed by atoms with van der Waals surface area (Å²) in [5, 5.41) is 0. The number of anilines is 1. The topological polar surface area (TPSA) is 38.5 Å². The Morgan fingerprint density at radius 1 is 1.40 bits per heavy atom. The van der Waals surface area contributed by atoms with Crippen LogP contribution >= 0.6 is 0 Å². The van der Waals surface area contributed by atoms with E-state index in [-0.39, 0.29) is 17.8 Å². The lowest BCUT2D eigenvalue weighted by atomic mass is 10.1. The number of benzene rings is 1. The van der Waals surface area contributed by atoms with Crippen molar-refractivity contribution in [1.82, 2.24) is 0 Å². The highest BCUT2D eigenvalue weighted by Gasteiger charge is 2.32. The van der Waals surface area contributed by atoms with E-state index in [0.717, 1.165) is 12.1 Å². The zero-order valence-electron chi connectivity index (χ0n) is 11.0. The van der Waals surface area contributed by atoms with Crippen LogP contribution in [0.4, 0.5) is 23.2 Å². The first-order chi connectivity index (χ1) is 9.29. The van der Waals surface area contributed by atoms with Gasteiger partial charge in [-0.25, -0.2) is 4.39 Å². The van der Waals surface area contributed by atoms with Gasteiger partial charge in [0.25, 0.3) is 0 Å². The van der Waals surface area contributed by atoms with Crippen molar-refractivity contribution in [1.29, 1.82) is 0 Å². The van der Waals surface area contributed by atoms with Crippen LogP contribution in [0.5, 0.6) is 0 Å². The Bertz CT molecular complexity index is 476. The molecule has 1 fully saturated rings. The Kier molecular flexibility index (Phi) is 4.19. The van der Waals surface area contributed by atoms with Crippen LogP contribution in [0.15, 0.2) is 18.2 Å². The summed E-state index contributed by atoms with van der Waals surface area (Å²) < 4.78 is 56.8. The van der Waals surface area contributed by atoms with E-state index in [1.165, 1.54) is 0 Å². The second-order valence-electron chi connectivity index (χ2n) is 4.88. The lowest BCUT2D eigenvalue weighted by Gasteiger charge is -2.36. The molecule has 2 unspecified atom stereocenters. The quantitative estimate of drug-likeness (QED) is 0.851. The number of ether oxygens (including phenoxy) is 1. The molecule has 2 rings (SSSR count). The Hall–Kier alpha value is -1.34. The van der Waals surface area contributed by atoms with E-state index in [0.29, 0.717) is 25.8 Å². The Labute approximate surface area is 114 Å². The Morgan fingerprint density at radius 3 is 2.65 bits per heavy atom. The van der Waals surface area contributed by atoms with Crippen LogP contribution in [0.2, 0.25) is 0 Å². The summed E-state index contributed by atoms with van der Waals surface area (Å²) in [6.07, 6.45) is -4.80. The standard InChI is InChI=1S/C13H16F4N2O/c1-8(18)12-7-19(4-5-20-12)11-3-2-9(6-10(11)14)13(15,16)17/h2-3,6,8,12H,4-5,7,18H2,1H3. The van der Waals surface area contributed by atoms with Gasteiger partial charge in [0.2, 0.25) is 0 Å². The minimum atomic E-state index is -4.54. The predicted molar refractivity (Wildman–Crippen MR) is 67.0 cm³/mol. The number of nitrogens with two attached hydrogens (primary N) is 1. The molecule has 0 amide bonds. The summed E-state index contributed by atoms with van der Waals surface area (Å²) in [6, 6.07) is 2.33. The number of alkyl halides is 3. The first kappa shape index (κ1) is 15.1. The van der Waals surface area contributed by atoms with Crippen molar-refractivity contribution in [3.05, 3.63) is 29.6 Å². The number of hydrogen-bond acceptors (Lipinski definition) is 3. The predicted octanol–water partition coefficient (Wildman–Crippen LogP) is 2.40. The zero-order valence-corrected chi connectivity index (χ0v) is 11.0. The lowest BCUT2D eigenvalue weighted by molar-refractivity contribution is -0.137. The van der Waals surface area contributed by atoms with Crippen LogP contribution < -0.4 is 10.6 Å². The van der Waals surface area contributed by atoms with E-state index in [4.69, 9.17) is 10.5 Å². The molecule has 0 aliphatic carbocycles. The summed E-state index contributed by atoms with van der Waals surface area (Å²) >= 11 is 0. The van der Waals surface area contributed by atoms with Gasteiger partial charge in [0.15, 0.2) is 0 Å². The molecule has 112 valence electrons. The smallest absolute Gasteiger partial charge is 0.373 e. The third-order valence-electron chi connectivity index (χ3n) is 3.30. The maximum atomic E-state index is 13.9. The Morgan fingerprint density at radius 2 is 2.10 bits per heavy atom. The first-order valence-electron chi connectivity index (χ1n) is 6.28. The SMILES string of the molecule is CC(N)C1CN(c2ccc(C(F)(F)F)cc2F)CCO1. The molecule has 0 aromatic heterocycles. The molecular weight excluding hydrogens is 276 g/mol. The average molecular weight is 292 g/mol. The number of hydrogen-bond donors (Lipinski definition) is 1. The molecule has 0 bridgehead atoms. The average Bonchev–Trinajstić information content (AvgIpc) is 2.37. The van der Waals surface area contributed by atoms with Crippen LogP contribution in [-0.4, -0.2) is 31.8 Å². The molecule has 1 aromatic carbocycles. The van der Waals surface area contributed by atoms with Gasteiger partial charge in [0.05, 0.1) is 24.0 Å². The van der Waals surface area contributed by atoms with Gasteiger partial charge in [0, 0.05) is 19.1 Å². The molecule has 1 aliphatic rings. The van der Waals surface area contributed by atoms with Gasteiger partial charge < -0.3 is 15.4 Å². The highest BCUT2D eigenvalue weighted by Crippen LogP contribution is 2.32. The van der Waals surface area contributed by atoms with Gasteiger partial charge in [-0.3, -0.25) is 0 Å². The maximum absolute atomic E-state index is 13.9. The highest BCUT2D eigenvalue weighted by molar-refractivity contribution is 5.50. The molecule has 0 saturated carbocycles. The van der Waals surface area contributed by atoms with Crippen molar-refractivity contribution < 1.29 is 22.3 Å². The number of rotatable bonds is 2. The van der Waals surface area contributed by atoms with E-state index in [9.17, 15) is 17.6 Å². The number of nitrogens with zero attached hydrogens (tertiary/aromatic N) is 1. The van der Waals surface area contributed by atoms with Gasteiger partial charge in [-0.2, -0.15) is 13.2 Å². The summed E-state index contributed by atoms with van der Waals surface area (Å²) in [6.45, 7) is 2.93. The van der Waals surface area contributed by atoms with E-state index in [1.807, 2.05) is 0 Å². The minimum absolute atomic E-state index is 0.145. The molecule has 0 spiro atoms. The van der Waals surface area contributed by atoms with Crippen LogP contribution in [0.1, 0.15) is 12.5 Å². The summed E-state index contributed by atoms with van der Waals surface area (Å²) in [5.74, 6) is -0.884. The molecule has 3 nitrogen and oxygen atoms in total. The molecule has 7 heteroatoms. The first-order valence-corrected chi connectivity index (χ1v) is 6.28. The lowest BCUT2D eigenvalue weighted by Crippen LogP contribution is -2.49. The van der Waals surface area contributed by atoms with Crippen molar-refractivity contribution in [3.63, 3.8) is 0 Å². The van der Waals surface area contributed by atoms with Gasteiger partial charge in [-0.15, -0.1) is 0 Å². The van der Waals surface area contributed by atoms with Gasteiger partial charge in [-0.1, -0.05) is 0 Å². The third-order valence-corrected chi connectivity index (χ3v) is 3.30. The Balaban J connectivity index is 2.21. The second-order valence-corrected chi connectivity index (χ2v) is 4.88. The zero-order chi connectivity index (χ0) is 14.9. The van der Waals surface area contributed by atoms with Crippen molar-refractivity contribution in [2.24, 2.45) is 5.73 Å². The highest BCUT2D eigenvalue weighted by atomic mass is 19.4. The van der Waals surface area contributed by atoms with Crippen LogP contribution in [0.3, 0.4) is 0 Å². The summed E-state index contributed by atoms with van der Waals surface area (Å²) in [4.78, 5) is 1.66. The van der Waals surface area contributed by atoms with Crippen molar-refractivity contribution in [3.8, 4) is 0 Å². The third kappa shape index (κ3) is 3.21. The fourth-order valence-electron chi connectivity index (χ4n) is 2.15. The van der Waals surface area contributed by atoms with Crippen LogP contribution in [0, 0.1) is 5.82 Å². The molecule has 1 aromatic rings. The van der Waals surface area contributed by atoms with Crippen LogP contribution in [-0.2, 0) is 10.9 Å². The fourth-order valence-corrected chi connectivity index (χ4v) is 2.15. The minimum Gasteiger partial charge on any atom is -0.373 e. The van der Waals surface area contributed by atoms with Gasteiger partial charge >= 0.3 is 6.18 Å². The fraction of sp³-hybridized carbons (Fsp3) is 0.538. The molecule has 0 radical (unpaired) electrons. The largest absolute Gasteiger partial charge is 0.416 e. The van der Waals surface area contributed by atoms with E-state index in [2.05, 4.69) is 0 Å².